The Kier molecular flexibility index (Phi) is 7.59. The second-order valence-electron chi connectivity index (χ2n) is 8.07. The Labute approximate surface area is 174 Å². The molecule has 3 heteroatoms. The lowest BCUT2D eigenvalue weighted by Gasteiger charge is -2.21. The Bertz CT molecular complexity index is 793. The molecular formula is C26H30O3. The third-order valence-corrected chi connectivity index (χ3v) is 4.41. The van der Waals surface area contributed by atoms with E-state index in [0.717, 1.165) is 22.3 Å². The van der Waals surface area contributed by atoms with Gasteiger partial charge in [0.1, 0.15) is 0 Å². The zero-order chi connectivity index (χ0) is 20.5. The summed E-state index contributed by atoms with van der Waals surface area (Å²) in [7, 11) is 0. The van der Waals surface area contributed by atoms with Crippen LogP contribution in [0.5, 0.6) is 0 Å². The molecular weight excluding hydrogens is 360 g/mol. The highest BCUT2D eigenvalue weighted by atomic mass is 16.7. The summed E-state index contributed by atoms with van der Waals surface area (Å²) in [6, 6.07) is 28.6. The molecule has 0 spiro atoms. The minimum atomic E-state index is -0.437. The molecule has 0 saturated carbocycles. The molecule has 0 bridgehead atoms. The van der Waals surface area contributed by atoms with Crippen LogP contribution in [0.1, 0.15) is 49.3 Å². The number of rotatable bonds is 9. The largest absolute Gasteiger partial charge is 0.371 e. The average molecular weight is 391 g/mol. The van der Waals surface area contributed by atoms with Crippen LogP contribution in [-0.2, 0) is 34.0 Å². The van der Waals surface area contributed by atoms with Gasteiger partial charge in [-0.2, -0.15) is 0 Å². The predicted octanol–water partition coefficient (Wildman–Crippen LogP) is 6.43. The molecule has 0 amide bonds. The third kappa shape index (κ3) is 7.47. The maximum atomic E-state index is 6.14. The van der Waals surface area contributed by atoms with Gasteiger partial charge in [-0.25, -0.2) is 0 Å². The molecule has 3 nitrogen and oxygen atoms in total. The molecule has 0 N–H and O–H groups in total. The second kappa shape index (κ2) is 10.4. The zero-order valence-corrected chi connectivity index (χ0v) is 17.5. The summed E-state index contributed by atoms with van der Waals surface area (Å²) in [5.41, 5.74) is 4.22. The van der Waals surface area contributed by atoms with Crippen LogP contribution in [0.4, 0.5) is 0 Å². The van der Waals surface area contributed by atoms with Gasteiger partial charge >= 0.3 is 0 Å². The average Bonchev–Trinajstić information content (AvgIpc) is 2.74. The smallest absolute Gasteiger partial charge is 0.184 e. The van der Waals surface area contributed by atoms with Gasteiger partial charge in [-0.05, 0) is 37.5 Å². The molecule has 0 fully saturated rings. The molecule has 0 unspecified atom stereocenters. The van der Waals surface area contributed by atoms with Crippen LogP contribution in [-0.4, -0.2) is 5.60 Å². The number of hydrogen-bond acceptors (Lipinski definition) is 3. The number of benzene rings is 3. The number of ether oxygens (including phenoxy) is 3. The van der Waals surface area contributed by atoms with Gasteiger partial charge in [0, 0.05) is 5.56 Å². The van der Waals surface area contributed by atoms with E-state index in [4.69, 9.17) is 14.2 Å². The van der Waals surface area contributed by atoms with E-state index < -0.39 is 6.29 Å². The Morgan fingerprint density at radius 3 is 1.48 bits per heavy atom. The molecule has 0 aromatic heterocycles. The van der Waals surface area contributed by atoms with Gasteiger partial charge in [0.15, 0.2) is 6.29 Å². The first-order chi connectivity index (χ1) is 14.0. The van der Waals surface area contributed by atoms with E-state index in [9.17, 15) is 0 Å². The Morgan fingerprint density at radius 1 is 0.586 bits per heavy atom. The van der Waals surface area contributed by atoms with Gasteiger partial charge in [-0.1, -0.05) is 84.9 Å². The van der Waals surface area contributed by atoms with Gasteiger partial charge in [-0.15, -0.1) is 0 Å². The Hall–Kier alpha value is -2.46. The highest BCUT2D eigenvalue weighted by Gasteiger charge is 2.15. The van der Waals surface area contributed by atoms with E-state index in [-0.39, 0.29) is 5.60 Å². The lowest BCUT2D eigenvalue weighted by molar-refractivity contribution is -0.161. The second-order valence-corrected chi connectivity index (χ2v) is 8.07. The molecule has 0 aliphatic rings. The maximum Gasteiger partial charge on any atom is 0.184 e. The molecule has 3 rings (SSSR count). The lowest BCUT2D eigenvalue weighted by Crippen LogP contribution is -2.18. The van der Waals surface area contributed by atoms with Crippen molar-refractivity contribution in [3.63, 3.8) is 0 Å². The van der Waals surface area contributed by atoms with Crippen molar-refractivity contribution in [1.82, 2.24) is 0 Å². The topological polar surface area (TPSA) is 27.7 Å². The van der Waals surface area contributed by atoms with Gasteiger partial charge in [0.05, 0.1) is 25.4 Å². The standard InChI is InChI=1S/C26H30O3/c1-26(2,3)29-20-23-14-16-24(17-15-23)25(27-18-21-10-6-4-7-11-21)28-19-22-12-8-5-9-13-22/h4-17,25H,18-20H2,1-3H3. The van der Waals surface area contributed by atoms with Crippen LogP contribution in [0.2, 0.25) is 0 Å². The van der Waals surface area contributed by atoms with E-state index in [0.29, 0.717) is 19.8 Å². The van der Waals surface area contributed by atoms with Crippen molar-refractivity contribution in [2.24, 2.45) is 0 Å². The van der Waals surface area contributed by atoms with Crippen LogP contribution >= 0.6 is 0 Å². The summed E-state index contributed by atoms with van der Waals surface area (Å²) in [4.78, 5) is 0. The fourth-order valence-electron chi connectivity index (χ4n) is 2.80. The van der Waals surface area contributed by atoms with E-state index in [2.05, 4.69) is 69.3 Å². The maximum absolute atomic E-state index is 6.14. The summed E-state index contributed by atoms with van der Waals surface area (Å²) >= 11 is 0. The molecule has 0 aliphatic carbocycles. The van der Waals surface area contributed by atoms with Crippen molar-refractivity contribution in [3.05, 3.63) is 107 Å². The summed E-state index contributed by atoms with van der Waals surface area (Å²) in [6.45, 7) is 7.76. The van der Waals surface area contributed by atoms with Crippen LogP contribution in [0.25, 0.3) is 0 Å². The van der Waals surface area contributed by atoms with Gasteiger partial charge in [0.25, 0.3) is 0 Å². The zero-order valence-electron chi connectivity index (χ0n) is 17.5. The van der Waals surface area contributed by atoms with Gasteiger partial charge < -0.3 is 14.2 Å². The fourth-order valence-corrected chi connectivity index (χ4v) is 2.80. The third-order valence-electron chi connectivity index (χ3n) is 4.41. The number of hydrogen-bond donors (Lipinski definition) is 0. The highest BCUT2D eigenvalue weighted by molar-refractivity contribution is 5.23. The monoisotopic (exact) mass is 390 g/mol. The normalized spacial score (nSPS) is 11.7. The molecule has 29 heavy (non-hydrogen) atoms. The van der Waals surface area contributed by atoms with E-state index in [1.807, 2.05) is 36.4 Å². The van der Waals surface area contributed by atoms with Crippen molar-refractivity contribution in [2.75, 3.05) is 0 Å². The first kappa shape index (κ1) is 21.3. The molecule has 0 radical (unpaired) electrons. The van der Waals surface area contributed by atoms with Crippen molar-refractivity contribution in [1.29, 1.82) is 0 Å². The molecule has 0 atom stereocenters. The van der Waals surface area contributed by atoms with Crippen LogP contribution in [0, 0.1) is 0 Å². The Morgan fingerprint density at radius 2 is 1.03 bits per heavy atom. The lowest BCUT2D eigenvalue weighted by atomic mass is 10.1. The van der Waals surface area contributed by atoms with E-state index >= 15 is 0 Å². The summed E-state index contributed by atoms with van der Waals surface area (Å²) in [5.74, 6) is 0. The van der Waals surface area contributed by atoms with Gasteiger partial charge in [0.2, 0.25) is 0 Å². The predicted molar refractivity (Wildman–Crippen MR) is 116 cm³/mol. The summed E-state index contributed by atoms with van der Waals surface area (Å²) in [6.07, 6.45) is -0.437. The van der Waals surface area contributed by atoms with Crippen LogP contribution in [0.15, 0.2) is 84.9 Å². The quantitative estimate of drug-likeness (QED) is 0.394. The SMILES string of the molecule is CC(C)(C)OCc1ccc(C(OCc2ccccc2)OCc2ccccc2)cc1. The van der Waals surface area contributed by atoms with E-state index in [1.165, 1.54) is 0 Å². The van der Waals surface area contributed by atoms with Crippen molar-refractivity contribution in [2.45, 2.75) is 52.5 Å². The highest BCUT2D eigenvalue weighted by Crippen LogP contribution is 2.23. The summed E-state index contributed by atoms with van der Waals surface area (Å²) in [5, 5.41) is 0. The first-order valence-electron chi connectivity index (χ1n) is 10.0. The fraction of sp³-hybridized carbons (Fsp3) is 0.308. The minimum Gasteiger partial charge on any atom is -0.371 e. The van der Waals surface area contributed by atoms with Crippen LogP contribution < -0.4 is 0 Å². The minimum absolute atomic E-state index is 0.154. The van der Waals surface area contributed by atoms with Crippen molar-refractivity contribution < 1.29 is 14.2 Å². The molecule has 3 aromatic carbocycles. The van der Waals surface area contributed by atoms with E-state index in [1.54, 1.807) is 0 Å². The summed E-state index contributed by atoms with van der Waals surface area (Å²) < 4.78 is 18.1. The molecule has 0 saturated heterocycles. The van der Waals surface area contributed by atoms with Crippen molar-refractivity contribution >= 4 is 0 Å². The Balaban J connectivity index is 1.67. The van der Waals surface area contributed by atoms with Gasteiger partial charge in [-0.3, -0.25) is 0 Å². The van der Waals surface area contributed by atoms with Crippen molar-refractivity contribution in [3.8, 4) is 0 Å². The molecule has 0 aliphatic heterocycles. The van der Waals surface area contributed by atoms with Crippen LogP contribution in [0.3, 0.4) is 0 Å². The molecule has 0 heterocycles. The molecule has 152 valence electrons. The molecule has 3 aromatic rings. The first-order valence-corrected chi connectivity index (χ1v) is 10.0.